The molecule has 3 fully saturated rings. The lowest BCUT2D eigenvalue weighted by molar-refractivity contribution is -0.150. The Morgan fingerprint density at radius 3 is 1.36 bits per heavy atom. The number of nitrogens with one attached hydrogen (secondary N) is 1. The molecule has 12 nitrogen and oxygen atoms in total. The smallest absolute Gasteiger partial charge is 0.309 e. The van der Waals surface area contributed by atoms with Crippen molar-refractivity contribution in [2.24, 2.45) is 35.5 Å². The van der Waals surface area contributed by atoms with E-state index in [1.165, 1.54) is 50.1 Å². The van der Waals surface area contributed by atoms with Gasteiger partial charge >= 0.3 is 11.9 Å². The minimum Gasteiger partial charge on any atom is -0.481 e. The summed E-state index contributed by atoms with van der Waals surface area (Å²) in [5.41, 5.74) is 19.4. The van der Waals surface area contributed by atoms with Crippen LogP contribution in [0, 0.1) is 35.5 Å². The van der Waals surface area contributed by atoms with E-state index in [-0.39, 0.29) is 35.5 Å². The van der Waals surface area contributed by atoms with Gasteiger partial charge in [-0.25, -0.2) is 0 Å². The topological polar surface area (TPSA) is 154 Å². The summed E-state index contributed by atoms with van der Waals surface area (Å²) in [6.45, 7) is 8.35. The summed E-state index contributed by atoms with van der Waals surface area (Å²) < 4.78 is 5.33. The quantitative estimate of drug-likeness (QED) is 0.127. The molecule has 0 saturated carbocycles. The maximum atomic E-state index is 13.0. The number of benzene rings is 3. The molecular formula is C63H77N7O5. The van der Waals surface area contributed by atoms with Crippen LogP contribution in [-0.2, 0) is 19.1 Å². The standard InChI is InChI=1S/C22H25N3O.C19H25NO2.C17H21NO2.C5H6N2/c1-25-13-11-19-18(16-6-3-2-4-7-16)9-10-20(21(19)15-25)22(26)24-17-8-5-12-23-14-17;1-3-22-19(21)17-10-9-15(14-7-5-4-6-8-14)16-11-12-20(2)13-18(16)17;1-18-10-9-14-13(12-5-3-2-4-6-12)7-8-15(17(19)20)16(14)11-18;6-5-2-1-3-7-4-5/h2-8,12,14,20-21H,9-11,13,15H2,1H3,(H,24,26);4-8,17-18H,3,9-13H2,1-2H3;2-6,15-16H,7-11H2,1H3,(H,19,20);1-4H,6H2. The third kappa shape index (κ3) is 14.2. The molecule has 2 aromatic heterocycles. The van der Waals surface area contributed by atoms with Crippen LogP contribution in [0.2, 0.25) is 0 Å². The van der Waals surface area contributed by atoms with Crippen LogP contribution < -0.4 is 11.1 Å². The molecule has 12 heteroatoms. The van der Waals surface area contributed by atoms with Crippen LogP contribution in [0.4, 0.5) is 11.4 Å². The second kappa shape index (κ2) is 26.7. The number of ether oxygens (including phenoxy) is 1. The number of carboxylic acid groups (broad SMARTS) is 1. The number of allylic oxidation sites excluding steroid dienone is 3. The van der Waals surface area contributed by atoms with Gasteiger partial charge in [-0.1, -0.05) is 108 Å². The number of aromatic nitrogens is 2. The summed E-state index contributed by atoms with van der Waals surface area (Å²) in [4.78, 5) is 51.7. The van der Waals surface area contributed by atoms with E-state index in [2.05, 4.69) is 136 Å². The Balaban J connectivity index is 0.000000141. The molecule has 11 rings (SSSR count). The predicted molar refractivity (Wildman–Crippen MR) is 301 cm³/mol. The number of amides is 1. The highest BCUT2D eigenvalue weighted by Crippen LogP contribution is 2.46. The molecule has 0 spiro atoms. The fourth-order valence-electron chi connectivity index (χ4n) is 12.4. The van der Waals surface area contributed by atoms with Crippen molar-refractivity contribution in [3.05, 3.63) is 173 Å². The number of rotatable bonds is 8. The number of carbonyl (C=O) groups excluding carboxylic acids is 2. The highest BCUT2D eigenvalue weighted by molar-refractivity contribution is 5.94. The monoisotopic (exact) mass is 1010 g/mol. The zero-order chi connectivity index (χ0) is 52.7. The minimum absolute atomic E-state index is 0.00703. The molecule has 6 atom stereocenters. The SMILES string of the molecule is CCOC(=O)C1CCC(c2ccccc2)=C2CCN(C)CC21.CN1CCC2=C(c3ccccc3)CCC(C(=O)Nc3cccnc3)C2C1.CN1CCC2=C(c3ccccc3)CCC(C(=O)O)C2C1.Nc1cccnc1. The number of esters is 1. The number of piperidine rings is 3. The number of carboxylic acids is 1. The summed E-state index contributed by atoms with van der Waals surface area (Å²) in [6, 6.07) is 39.1. The molecule has 5 aromatic rings. The number of carbonyl (C=O) groups is 3. The molecule has 4 N–H and O–H groups in total. The van der Waals surface area contributed by atoms with Gasteiger partial charge in [0.2, 0.25) is 5.91 Å². The van der Waals surface area contributed by atoms with Crippen molar-refractivity contribution in [1.29, 1.82) is 0 Å². The van der Waals surface area contributed by atoms with E-state index in [4.69, 9.17) is 10.5 Å². The van der Waals surface area contributed by atoms with Gasteiger partial charge in [-0.3, -0.25) is 24.4 Å². The second-order valence-electron chi connectivity index (χ2n) is 21.0. The van der Waals surface area contributed by atoms with Crippen molar-refractivity contribution < 1.29 is 24.2 Å². The van der Waals surface area contributed by atoms with Gasteiger partial charge in [0.05, 0.1) is 36.0 Å². The summed E-state index contributed by atoms with van der Waals surface area (Å²) in [5.74, 6) is 0.155. The third-order valence-electron chi connectivity index (χ3n) is 16.1. The van der Waals surface area contributed by atoms with Gasteiger partial charge in [0.25, 0.3) is 0 Å². The summed E-state index contributed by atoms with van der Waals surface area (Å²) in [5, 5.41) is 12.6. The maximum Gasteiger partial charge on any atom is 0.309 e. The Bertz CT molecular complexity index is 2750. The number of aliphatic carboxylic acids is 1. The molecule has 3 aromatic carbocycles. The maximum absolute atomic E-state index is 13.0. The fourth-order valence-corrected chi connectivity index (χ4v) is 12.4. The second-order valence-corrected chi connectivity index (χ2v) is 21.0. The van der Waals surface area contributed by atoms with E-state index in [1.807, 2.05) is 25.1 Å². The van der Waals surface area contributed by atoms with E-state index in [0.29, 0.717) is 24.1 Å². The zero-order valence-electron chi connectivity index (χ0n) is 44.5. The zero-order valence-corrected chi connectivity index (χ0v) is 44.5. The fraction of sp³-hybridized carbons (Fsp3) is 0.413. The number of nitrogen functional groups attached to an aromatic ring is 1. The van der Waals surface area contributed by atoms with Crippen LogP contribution in [-0.4, -0.2) is 115 Å². The third-order valence-corrected chi connectivity index (χ3v) is 16.1. The number of pyridine rings is 2. The molecule has 3 aliphatic carbocycles. The lowest BCUT2D eigenvalue weighted by Crippen LogP contribution is -2.43. The molecule has 5 heterocycles. The first-order valence-corrected chi connectivity index (χ1v) is 27.1. The molecule has 3 saturated heterocycles. The minimum atomic E-state index is -0.630. The number of nitrogens with two attached hydrogens (primary N) is 1. The number of fused-ring (bicyclic) bond motifs is 3. The molecule has 1 amide bonds. The van der Waals surface area contributed by atoms with Crippen molar-refractivity contribution in [2.45, 2.75) is 64.7 Å². The van der Waals surface area contributed by atoms with Crippen molar-refractivity contribution in [3.63, 3.8) is 0 Å². The van der Waals surface area contributed by atoms with Crippen LogP contribution in [0.1, 0.15) is 81.4 Å². The number of anilines is 2. The van der Waals surface area contributed by atoms with E-state index >= 15 is 0 Å². The van der Waals surface area contributed by atoms with Crippen LogP contribution in [0.5, 0.6) is 0 Å². The van der Waals surface area contributed by atoms with E-state index < -0.39 is 5.97 Å². The molecule has 3 aliphatic heterocycles. The molecule has 0 bridgehead atoms. The average Bonchev–Trinajstić information content (AvgIpc) is 3.44. The van der Waals surface area contributed by atoms with Gasteiger partial charge in [0, 0.05) is 81.5 Å². The van der Waals surface area contributed by atoms with Gasteiger partial charge in [-0.15, -0.1) is 0 Å². The first kappa shape index (κ1) is 54.5. The van der Waals surface area contributed by atoms with Gasteiger partial charge in [-0.05, 0) is 144 Å². The Morgan fingerprint density at radius 2 is 0.973 bits per heavy atom. The van der Waals surface area contributed by atoms with Gasteiger partial charge in [-0.2, -0.15) is 0 Å². The molecule has 0 radical (unpaired) electrons. The normalized spacial score (nSPS) is 23.7. The van der Waals surface area contributed by atoms with Crippen LogP contribution in [0.15, 0.2) is 157 Å². The predicted octanol–water partition coefficient (Wildman–Crippen LogP) is 10.8. The van der Waals surface area contributed by atoms with Gasteiger partial charge in [0.1, 0.15) is 0 Å². The number of hydrogen-bond acceptors (Lipinski definition) is 10. The van der Waals surface area contributed by atoms with Crippen molar-refractivity contribution in [2.75, 3.05) is 78.1 Å². The molecule has 75 heavy (non-hydrogen) atoms. The van der Waals surface area contributed by atoms with E-state index in [0.717, 1.165) is 103 Å². The van der Waals surface area contributed by atoms with Gasteiger partial charge in [0.15, 0.2) is 0 Å². The molecule has 394 valence electrons. The van der Waals surface area contributed by atoms with Crippen molar-refractivity contribution in [3.8, 4) is 0 Å². The molecule has 6 aliphatic rings. The molecule has 6 unspecified atom stereocenters. The Hall–Kier alpha value is -6.73. The van der Waals surface area contributed by atoms with Gasteiger partial charge < -0.3 is 35.6 Å². The van der Waals surface area contributed by atoms with Crippen LogP contribution in [0.3, 0.4) is 0 Å². The van der Waals surface area contributed by atoms with Crippen LogP contribution in [0.25, 0.3) is 16.7 Å². The lowest BCUT2D eigenvalue weighted by Gasteiger charge is -2.41. The highest BCUT2D eigenvalue weighted by Gasteiger charge is 2.41. The number of nitrogens with zero attached hydrogens (tertiary/aromatic N) is 5. The van der Waals surface area contributed by atoms with Crippen molar-refractivity contribution >= 4 is 45.9 Å². The molecular weight excluding hydrogens is 935 g/mol. The number of hydrogen-bond donors (Lipinski definition) is 3. The highest BCUT2D eigenvalue weighted by atomic mass is 16.5. The summed E-state index contributed by atoms with van der Waals surface area (Å²) in [6.07, 6.45) is 15.3. The Labute approximate surface area is 444 Å². The van der Waals surface area contributed by atoms with E-state index in [1.54, 1.807) is 36.9 Å². The Morgan fingerprint density at radius 1 is 0.560 bits per heavy atom. The lowest BCUT2D eigenvalue weighted by atomic mass is 9.70. The summed E-state index contributed by atoms with van der Waals surface area (Å²) >= 11 is 0. The average molecular weight is 1010 g/mol. The first-order valence-electron chi connectivity index (χ1n) is 27.1. The van der Waals surface area contributed by atoms with Crippen molar-refractivity contribution in [1.82, 2.24) is 24.7 Å². The van der Waals surface area contributed by atoms with E-state index in [9.17, 15) is 19.5 Å². The first-order chi connectivity index (χ1) is 36.5. The van der Waals surface area contributed by atoms with Crippen LogP contribution >= 0.6 is 0 Å². The summed E-state index contributed by atoms with van der Waals surface area (Å²) in [7, 11) is 6.39. The number of likely N-dealkylation sites (tertiary alicyclic amines) is 3. The largest absolute Gasteiger partial charge is 0.481 e. The Kier molecular flexibility index (Phi) is 19.4.